The summed E-state index contributed by atoms with van der Waals surface area (Å²) in [6.45, 7) is 0. The molecular weight excluding hydrogens is 263 g/mol. The Hall–Kier alpha value is -1.93. The van der Waals surface area contributed by atoms with Crippen molar-refractivity contribution in [3.05, 3.63) is 22.9 Å². The number of anilines is 1. The van der Waals surface area contributed by atoms with E-state index in [2.05, 4.69) is 4.98 Å². The van der Waals surface area contributed by atoms with Gasteiger partial charge in [0.05, 0.1) is 12.0 Å². The average Bonchev–Trinajstić information content (AvgIpc) is 2.17. The second kappa shape index (κ2) is 4.75. The van der Waals surface area contributed by atoms with Gasteiger partial charge in [0.2, 0.25) is 0 Å². The van der Waals surface area contributed by atoms with Crippen molar-refractivity contribution in [3.8, 4) is 0 Å². The molecule has 4 nitrogen and oxygen atoms in total. The number of carboxylic acid groups (broad SMARTS) is 1. The molecule has 100 valence electrons. The van der Waals surface area contributed by atoms with E-state index >= 15 is 0 Å². The molecular formula is C9H7F5N2O2. The fraction of sp³-hybridized carbons (Fsp3) is 0.333. The Balaban J connectivity index is 3.55. The number of hydrogen-bond donors (Lipinski definition) is 2. The molecule has 0 aliphatic carbocycles. The van der Waals surface area contributed by atoms with Crippen molar-refractivity contribution >= 4 is 11.8 Å². The number of nitrogens with zero attached hydrogens (tertiary/aromatic N) is 1. The van der Waals surface area contributed by atoms with Crippen LogP contribution in [0, 0.1) is 0 Å². The molecule has 0 aliphatic heterocycles. The van der Waals surface area contributed by atoms with Gasteiger partial charge in [-0.25, -0.2) is 13.8 Å². The normalized spacial score (nSPS) is 11.9. The van der Waals surface area contributed by atoms with E-state index in [0.717, 1.165) is 0 Å². The molecule has 1 aromatic heterocycles. The highest BCUT2D eigenvalue weighted by Crippen LogP contribution is 2.39. The first-order chi connectivity index (χ1) is 8.14. The average molecular weight is 270 g/mol. The lowest BCUT2D eigenvalue weighted by Gasteiger charge is -2.17. The molecule has 0 unspecified atom stereocenters. The first-order valence-electron chi connectivity index (χ1n) is 4.49. The van der Waals surface area contributed by atoms with Gasteiger partial charge in [-0.05, 0) is 0 Å². The van der Waals surface area contributed by atoms with Gasteiger partial charge >= 0.3 is 12.1 Å². The number of aliphatic carboxylic acids is 1. The molecule has 3 N–H and O–H groups in total. The van der Waals surface area contributed by atoms with Gasteiger partial charge in [-0.3, -0.25) is 4.79 Å². The predicted octanol–water partition coefficient (Wildman–Crippen LogP) is 2.25. The zero-order valence-electron chi connectivity index (χ0n) is 8.63. The van der Waals surface area contributed by atoms with Crippen molar-refractivity contribution in [2.45, 2.75) is 19.0 Å². The van der Waals surface area contributed by atoms with Crippen LogP contribution in [0.15, 0.2) is 6.20 Å². The fourth-order valence-electron chi connectivity index (χ4n) is 1.41. The van der Waals surface area contributed by atoms with Crippen molar-refractivity contribution in [1.29, 1.82) is 0 Å². The van der Waals surface area contributed by atoms with Crippen molar-refractivity contribution in [1.82, 2.24) is 4.98 Å². The lowest BCUT2D eigenvalue weighted by Crippen LogP contribution is -2.18. The molecule has 1 rings (SSSR count). The molecule has 0 aliphatic rings. The maximum atomic E-state index is 12.7. The van der Waals surface area contributed by atoms with Crippen molar-refractivity contribution in [2.24, 2.45) is 0 Å². The van der Waals surface area contributed by atoms with Gasteiger partial charge in [0.15, 0.2) is 0 Å². The number of nitrogens with two attached hydrogens (primary N) is 1. The summed E-state index contributed by atoms with van der Waals surface area (Å²) in [5.41, 5.74) is 1.05. The zero-order chi connectivity index (χ0) is 14.1. The molecule has 18 heavy (non-hydrogen) atoms. The lowest BCUT2D eigenvalue weighted by molar-refractivity contribution is -0.141. The molecule has 0 saturated heterocycles. The minimum Gasteiger partial charge on any atom is -0.481 e. The Morgan fingerprint density at radius 1 is 1.44 bits per heavy atom. The third-order valence-corrected chi connectivity index (χ3v) is 2.09. The number of hydrogen-bond acceptors (Lipinski definition) is 3. The number of halogens is 5. The largest absolute Gasteiger partial charge is 0.481 e. The molecule has 0 saturated carbocycles. The number of carbonyl (C=O) groups is 1. The molecule has 0 bridgehead atoms. The molecule has 0 aromatic carbocycles. The number of rotatable bonds is 3. The fourth-order valence-corrected chi connectivity index (χ4v) is 1.41. The van der Waals surface area contributed by atoms with Gasteiger partial charge in [-0.1, -0.05) is 0 Å². The maximum absolute atomic E-state index is 12.7. The summed E-state index contributed by atoms with van der Waals surface area (Å²) in [6.07, 6.45) is -9.39. The summed E-state index contributed by atoms with van der Waals surface area (Å²) in [4.78, 5) is 13.6. The molecule has 0 amide bonds. The topological polar surface area (TPSA) is 76.2 Å². The van der Waals surface area contributed by atoms with E-state index in [1.54, 1.807) is 0 Å². The van der Waals surface area contributed by atoms with Crippen LogP contribution in [0.2, 0.25) is 0 Å². The monoisotopic (exact) mass is 270 g/mol. The molecule has 1 heterocycles. The Morgan fingerprint density at radius 3 is 2.39 bits per heavy atom. The molecule has 0 radical (unpaired) electrons. The third-order valence-electron chi connectivity index (χ3n) is 2.09. The van der Waals surface area contributed by atoms with Gasteiger partial charge in [-0.15, -0.1) is 0 Å². The van der Waals surface area contributed by atoms with Crippen LogP contribution in [0.5, 0.6) is 0 Å². The van der Waals surface area contributed by atoms with E-state index in [9.17, 15) is 26.7 Å². The Bertz CT molecular complexity index is 473. The van der Waals surface area contributed by atoms with Gasteiger partial charge in [-0.2, -0.15) is 13.2 Å². The number of nitrogen functional groups attached to an aromatic ring is 1. The number of aromatic nitrogens is 1. The van der Waals surface area contributed by atoms with E-state index < -0.39 is 47.5 Å². The Labute approximate surface area is 97.2 Å². The maximum Gasteiger partial charge on any atom is 0.417 e. The van der Waals surface area contributed by atoms with Gasteiger partial charge < -0.3 is 10.8 Å². The lowest BCUT2D eigenvalue weighted by atomic mass is 10.0. The zero-order valence-corrected chi connectivity index (χ0v) is 8.63. The molecule has 0 fully saturated rings. The third kappa shape index (κ3) is 2.84. The first-order valence-corrected chi connectivity index (χ1v) is 4.49. The highest BCUT2D eigenvalue weighted by Gasteiger charge is 2.40. The second-order valence-corrected chi connectivity index (χ2v) is 3.32. The van der Waals surface area contributed by atoms with Crippen LogP contribution in [0.3, 0.4) is 0 Å². The van der Waals surface area contributed by atoms with E-state index in [-0.39, 0.29) is 0 Å². The summed E-state index contributed by atoms with van der Waals surface area (Å²) in [5, 5.41) is 8.47. The summed E-state index contributed by atoms with van der Waals surface area (Å²) in [7, 11) is 0. The van der Waals surface area contributed by atoms with E-state index in [0.29, 0.717) is 6.20 Å². The number of carboxylic acids is 1. The minimum atomic E-state index is -5.13. The Kier molecular flexibility index (Phi) is 3.73. The van der Waals surface area contributed by atoms with E-state index in [4.69, 9.17) is 10.8 Å². The summed E-state index contributed by atoms with van der Waals surface area (Å²) >= 11 is 0. The van der Waals surface area contributed by atoms with Crippen LogP contribution in [-0.2, 0) is 17.4 Å². The van der Waals surface area contributed by atoms with Crippen LogP contribution in [0.25, 0.3) is 0 Å². The molecule has 9 heteroatoms. The van der Waals surface area contributed by atoms with Crippen LogP contribution < -0.4 is 5.73 Å². The van der Waals surface area contributed by atoms with Gasteiger partial charge in [0.1, 0.15) is 5.82 Å². The smallest absolute Gasteiger partial charge is 0.417 e. The second-order valence-electron chi connectivity index (χ2n) is 3.32. The van der Waals surface area contributed by atoms with Crippen LogP contribution in [-0.4, -0.2) is 16.1 Å². The van der Waals surface area contributed by atoms with Crippen molar-refractivity contribution < 1.29 is 31.9 Å². The van der Waals surface area contributed by atoms with Gasteiger partial charge in [0, 0.05) is 17.3 Å². The summed E-state index contributed by atoms with van der Waals surface area (Å²) in [6, 6.07) is 0. The predicted molar refractivity (Wildman–Crippen MR) is 49.9 cm³/mol. The van der Waals surface area contributed by atoms with Crippen molar-refractivity contribution in [3.63, 3.8) is 0 Å². The molecule has 0 atom stereocenters. The first kappa shape index (κ1) is 14.1. The number of pyridine rings is 1. The van der Waals surface area contributed by atoms with Crippen LogP contribution >= 0.6 is 0 Å². The van der Waals surface area contributed by atoms with Crippen molar-refractivity contribution in [2.75, 3.05) is 5.73 Å². The van der Waals surface area contributed by atoms with Crippen LogP contribution in [0.4, 0.5) is 27.8 Å². The molecule has 0 spiro atoms. The SMILES string of the molecule is Nc1ncc(C(F)F)c(C(F)(F)F)c1CC(=O)O. The van der Waals surface area contributed by atoms with Crippen LogP contribution in [0.1, 0.15) is 23.1 Å². The minimum absolute atomic E-state index is 0.300. The summed E-state index contributed by atoms with van der Waals surface area (Å²) in [5.74, 6) is -2.35. The highest BCUT2D eigenvalue weighted by atomic mass is 19.4. The quantitative estimate of drug-likeness (QED) is 0.826. The van der Waals surface area contributed by atoms with E-state index in [1.165, 1.54) is 0 Å². The number of alkyl halides is 5. The Morgan fingerprint density at radius 2 is 2.00 bits per heavy atom. The standard InChI is InChI=1S/C9H7F5N2O2/c10-7(11)4-2-16-8(15)3(1-5(17)18)6(4)9(12,13)14/h2,7H,1H2,(H2,15,16)(H,17,18). The highest BCUT2D eigenvalue weighted by molar-refractivity contribution is 5.73. The van der Waals surface area contributed by atoms with E-state index in [1.807, 2.05) is 0 Å². The van der Waals surface area contributed by atoms with Gasteiger partial charge in [0.25, 0.3) is 6.43 Å². The molecule has 1 aromatic rings. The summed E-state index contributed by atoms with van der Waals surface area (Å²) < 4.78 is 63.0.